The number of pyridine rings is 1. The Kier molecular flexibility index (Phi) is 5.15. The highest BCUT2D eigenvalue weighted by molar-refractivity contribution is 5.50. The van der Waals surface area contributed by atoms with Crippen LogP contribution in [0.4, 0.5) is 8.78 Å². The van der Waals surface area contributed by atoms with E-state index in [0.717, 1.165) is 5.69 Å². The molecule has 0 fully saturated rings. The van der Waals surface area contributed by atoms with E-state index >= 15 is 0 Å². The summed E-state index contributed by atoms with van der Waals surface area (Å²) in [5.74, 6) is 0.228. The van der Waals surface area contributed by atoms with Crippen LogP contribution < -0.4 is 5.73 Å². The lowest BCUT2D eigenvalue weighted by atomic mass is 10.2. The molecule has 5 nitrogen and oxygen atoms in total. The number of nitrogens with zero attached hydrogens (tertiary/aromatic N) is 3. The summed E-state index contributed by atoms with van der Waals surface area (Å²) in [6, 6.07) is 3.51. The molecule has 2 aromatic rings. The van der Waals surface area contributed by atoms with Gasteiger partial charge in [0, 0.05) is 12.7 Å². The summed E-state index contributed by atoms with van der Waals surface area (Å²) in [6.45, 7) is -0.388. The van der Waals surface area contributed by atoms with E-state index in [9.17, 15) is 8.78 Å². The van der Waals surface area contributed by atoms with Gasteiger partial charge in [-0.2, -0.15) is 0 Å². The number of hydrogen-bond donors (Lipinski definition) is 1. The first kappa shape index (κ1) is 13.2. The average Bonchev–Trinajstić information content (AvgIpc) is 2.90. The largest absolute Gasteiger partial charge is 0.418 e. The highest BCUT2D eigenvalue weighted by Crippen LogP contribution is 2.16. The molecule has 2 N–H and O–H groups in total. The molecule has 0 aliphatic rings. The second-order valence-corrected chi connectivity index (χ2v) is 2.88. The van der Waals surface area contributed by atoms with Gasteiger partial charge in [-0.15, -0.1) is 10.2 Å². The third-order valence-electron chi connectivity index (χ3n) is 1.86. The molecule has 0 aromatic carbocycles. The Bertz CT molecular complexity index is 444. The SMILES string of the molecule is CF.NCc1ccc(-c2nnc(CF)o2)cn1. The van der Waals surface area contributed by atoms with Crippen LogP contribution in [-0.4, -0.2) is 22.4 Å². The molecule has 2 aromatic heterocycles. The zero-order valence-electron chi connectivity index (χ0n) is 9.23. The van der Waals surface area contributed by atoms with Gasteiger partial charge in [0.05, 0.1) is 18.4 Å². The van der Waals surface area contributed by atoms with Gasteiger partial charge in [-0.3, -0.25) is 9.37 Å². The van der Waals surface area contributed by atoms with Crippen molar-refractivity contribution in [2.24, 2.45) is 5.73 Å². The standard InChI is InChI=1S/C9H9FN4O.CH3F/c10-3-8-13-14-9(15-8)6-1-2-7(4-11)12-5-6;1-2/h1-2,5H,3-4,11H2;1H3. The zero-order valence-corrected chi connectivity index (χ0v) is 9.23. The summed E-state index contributed by atoms with van der Waals surface area (Å²) in [6.07, 6.45) is 1.57. The molecular weight excluding hydrogens is 230 g/mol. The van der Waals surface area contributed by atoms with Gasteiger partial charge in [0.25, 0.3) is 0 Å². The monoisotopic (exact) mass is 242 g/mol. The van der Waals surface area contributed by atoms with Crippen LogP contribution in [0, 0.1) is 0 Å². The Morgan fingerprint density at radius 1 is 1.29 bits per heavy atom. The summed E-state index contributed by atoms with van der Waals surface area (Å²) < 4.78 is 26.7. The summed E-state index contributed by atoms with van der Waals surface area (Å²) in [7, 11) is 0.500. The number of nitrogens with two attached hydrogens (primary N) is 1. The minimum absolute atomic E-state index is 0.0344. The van der Waals surface area contributed by atoms with E-state index in [1.165, 1.54) is 0 Å². The van der Waals surface area contributed by atoms with Gasteiger partial charge in [0.1, 0.15) is 0 Å². The Balaban J connectivity index is 0.000000686. The minimum atomic E-state index is -0.763. The summed E-state index contributed by atoms with van der Waals surface area (Å²) in [5.41, 5.74) is 6.82. The van der Waals surface area contributed by atoms with Gasteiger partial charge in [-0.05, 0) is 12.1 Å². The number of rotatable bonds is 3. The van der Waals surface area contributed by atoms with Crippen molar-refractivity contribution in [3.63, 3.8) is 0 Å². The van der Waals surface area contributed by atoms with Crippen LogP contribution in [-0.2, 0) is 13.2 Å². The number of aromatic nitrogens is 3. The topological polar surface area (TPSA) is 77.8 Å². The highest BCUT2D eigenvalue weighted by Gasteiger charge is 2.08. The molecule has 0 aliphatic carbocycles. The molecule has 17 heavy (non-hydrogen) atoms. The summed E-state index contributed by atoms with van der Waals surface area (Å²) >= 11 is 0. The zero-order chi connectivity index (χ0) is 12.7. The first-order valence-electron chi connectivity index (χ1n) is 4.75. The first-order chi connectivity index (χ1) is 8.33. The van der Waals surface area contributed by atoms with Crippen LogP contribution in [0.3, 0.4) is 0 Å². The predicted octanol–water partition coefficient (Wildman–Crippen LogP) is 1.65. The van der Waals surface area contributed by atoms with Crippen LogP contribution in [0.5, 0.6) is 0 Å². The van der Waals surface area contributed by atoms with Crippen molar-refractivity contribution >= 4 is 0 Å². The maximum atomic E-state index is 12.1. The third kappa shape index (κ3) is 3.28. The maximum absolute atomic E-state index is 12.1. The van der Waals surface area contributed by atoms with E-state index in [4.69, 9.17) is 10.2 Å². The first-order valence-corrected chi connectivity index (χ1v) is 4.75. The van der Waals surface area contributed by atoms with E-state index in [-0.39, 0.29) is 11.8 Å². The number of alkyl halides is 2. The van der Waals surface area contributed by atoms with Crippen molar-refractivity contribution in [3.8, 4) is 11.5 Å². The van der Waals surface area contributed by atoms with Crippen LogP contribution in [0.15, 0.2) is 22.7 Å². The van der Waals surface area contributed by atoms with Gasteiger partial charge < -0.3 is 10.2 Å². The second kappa shape index (κ2) is 6.64. The fourth-order valence-corrected chi connectivity index (χ4v) is 1.10. The van der Waals surface area contributed by atoms with E-state index in [0.29, 0.717) is 19.3 Å². The highest BCUT2D eigenvalue weighted by atomic mass is 19.1. The van der Waals surface area contributed by atoms with Crippen molar-refractivity contribution in [3.05, 3.63) is 29.9 Å². The van der Waals surface area contributed by atoms with Crippen LogP contribution in [0.2, 0.25) is 0 Å². The second-order valence-electron chi connectivity index (χ2n) is 2.88. The van der Waals surface area contributed by atoms with E-state index in [1.807, 2.05) is 0 Å². The lowest BCUT2D eigenvalue weighted by Gasteiger charge is -1.96. The molecule has 2 rings (SSSR count). The molecule has 0 bridgehead atoms. The van der Waals surface area contributed by atoms with E-state index in [1.54, 1.807) is 18.3 Å². The maximum Gasteiger partial charge on any atom is 0.249 e. The molecule has 0 spiro atoms. The van der Waals surface area contributed by atoms with E-state index in [2.05, 4.69) is 15.2 Å². The van der Waals surface area contributed by atoms with E-state index < -0.39 is 6.67 Å². The Morgan fingerprint density at radius 3 is 2.53 bits per heavy atom. The average molecular weight is 242 g/mol. The third-order valence-corrected chi connectivity index (χ3v) is 1.86. The Labute approximate surface area is 96.7 Å². The van der Waals surface area contributed by atoms with Crippen molar-refractivity contribution in [1.29, 1.82) is 0 Å². The Morgan fingerprint density at radius 2 is 2.06 bits per heavy atom. The molecule has 0 atom stereocenters. The van der Waals surface area contributed by atoms with Crippen molar-refractivity contribution < 1.29 is 13.2 Å². The molecule has 0 unspecified atom stereocenters. The quantitative estimate of drug-likeness (QED) is 0.885. The molecule has 0 amide bonds. The Hall–Kier alpha value is -1.89. The lowest BCUT2D eigenvalue weighted by molar-refractivity contribution is 0.385. The van der Waals surface area contributed by atoms with Crippen molar-refractivity contribution in [1.82, 2.24) is 15.2 Å². The fraction of sp³-hybridized carbons (Fsp3) is 0.300. The normalized spacial score (nSPS) is 9.65. The van der Waals surface area contributed by atoms with Crippen LogP contribution >= 0.6 is 0 Å². The molecule has 0 saturated carbocycles. The predicted molar refractivity (Wildman–Crippen MR) is 57.3 cm³/mol. The van der Waals surface area contributed by atoms with Gasteiger partial charge in [-0.1, -0.05) is 0 Å². The van der Waals surface area contributed by atoms with Gasteiger partial charge in [0.2, 0.25) is 11.8 Å². The minimum Gasteiger partial charge on any atom is -0.418 e. The summed E-state index contributed by atoms with van der Waals surface area (Å²) in [5, 5.41) is 7.19. The van der Waals surface area contributed by atoms with Crippen molar-refractivity contribution in [2.45, 2.75) is 13.2 Å². The van der Waals surface area contributed by atoms with Crippen LogP contribution in [0.25, 0.3) is 11.5 Å². The van der Waals surface area contributed by atoms with Gasteiger partial charge >= 0.3 is 0 Å². The van der Waals surface area contributed by atoms with Gasteiger partial charge in [0.15, 0.2) is 6.67 Å². The lowest BCUT2D eigenvalue weighted by Crippen LogP contribution is -1.98. The van der Waals surface area contributed by atoms with Gasteiger partial charge in [-0.25, -0.2) is 4.39 Å². The molecular formula is C10H12F2N4O. The van der Waals surface area contributed by atoms with Crippen LogP contribution in [0.1, 0.15) is 11.6 Å². The smallest absolute Gasteiger partial charge is 0.249 e. The molecule has 0 radical (unpaired) electrons. The molecule has 2 heterocycles. The fourth-order valence-electron chi connectivity index (χ4n) is 1.10. The molecule has 92 valence electrons. The molecule has 7 heteroatoms. The molecule has 0 saturated heterocycles. The molecule has 0 aliphatic heterocycles. The summed E-state index contributed by atoms with van der Waals surface area (Å²) in [4.78, 5) is 4.06. The number of halogens is 2. The number of hydrogen-bond acceptors (Lipinski definition) is 5. The van der Waals surface area contributed by atoms with Crippen molar-refractivity contribution in [2.75, 3.05) is 7.18 Å².